The number of esters is 2. The van der Waals surface area contributed by atoms with Crippen LogP contribution in [0.3, 0.4) is 0 Å². The lowest BCUT2D eigenvalue weighted by Gasteiger charge is -2.39. The summed E-state index contributed by atoms with van der Waals surface area (Å²) in [7, 11) is 0. The van der Waals surface area contributed by atoms with E-state index < -0.39 is 17.5 Å². The predicted molar refractivity (Wildman–Crippen MR) is 165 cm³/mol. The standard InChI is InChI=1S/C34H38N4O7/c1-3-29(39)45-34(4-2)26-18-28-30-22(19-38(28)31(40)25(26)20-43-32(34)41)16-21-17-24(8-9-27(21)35-30)44-33(42)37-14-10-23(11-15-37)36-12-6-5-7-13-36/h8-9,16-18,23H,3-7,10-15,19-20H2,1-2H3/t34-/m0/s1. The van der Waals surface area contributed by atoms with Gasteiger partial charge in [0.2, 0.25) is 5.60 Å². The molecule has 0 radical (unpaired) electrons. The maximum absolute atomic E-state index is 13.7. The van der Waals surface area contributed by atoms with Gasteiger partial charge in [-0.1, -0.05) is 20.3 Å². The van der Waals surface area contributed by atoms with E-state index in [1.165, 1.54) is 19.3 Å². The molecular weight excluding hydrogens is 576 g/mol. The Morgan fingerprint density at radius 1 is 1.02 bits per heavy atom. The molecule has 236 valence electrons. The van der Waals surface area contributed by atoms with Crippen molar-refractivity contribution < 1.29 is 28.6 Å². The van der Waals surface area contributed by atoms with E-state index >= 15 is 0 Å². The van der Waals surface area contributed by atoms with E-state index in [2.05, 4.69) is 4.90 Å². The third-order valence-electron chi connectivity index (χ3n) is 9.86. The molecule has 4 aliphatic rings. The average molecular weight is 615 g/mol. The molecule has 7 rings (SSSR count). The van der Waals surface area contributed by atoms with Gasteiger partial charge in [0, 0.05) is 42.1 Å². The molecule has 0 spiro atoms. The summed E-state index contributed by atoms with van der Waals surface area (Å²) in [6.07, 6.45) is 5.64. The van der Waals surface area contributed by atoms with Gasteiger partial charge in [-0.15, -0.1) is 0 Å². The Morgan fingerprint density at radius 2 is 1.80 bits per heavy atom. The van der Waals surface area contributed by atoms with Gasteiger partial charge in [0.05, 0.1) is 29.0 Å². The molecule has 0 N–H and O–H groups in total. The first kappa shape index (κ1) is 29.5. The minimum atomic E-state index is -1.68. The van der Waals surface area contributed by atoms with Crippen molar-refractivity contribution in [3.8, 4) is 17.1 Å². The Morgan fingerprint density at radius 3 is 2.53 bits per heavy atom. The van der Waals surface area contributed by atoms with E-state index in [9.17, 15) is 19.2 Å². The van der Waals surface area contributed by atoms with Gasteiger partial charge in [0.1, 0.15) is 12.4 Å². The number of fused-ring (bicyclic) bond motifs is 5. The first-order valence-electron chi connectivity index (χ1n) is 16.1. The number of benzene rings is 1. The number of aromatic nitrogens is 2. The molecule has 0 saturated carbocycles. The van der Waals surface area contributed by atoms with E-state index in [4.69, 9.17) is 19.2 Å². The van der Waals surface area contributed by atoms with Crippen molar-refractivity contribution >= 4 is 28.9 Å². The number of hydrogen-bond acceptors (Lipinski definition) is 9. The number of likely N-dealkylation sites (tertiary alicyclic amines) is 2. The Bertz CT molecular complexity index is 1750. The fourth-order valence-corrected chi connectivity index (χ4v) is 7.31. The number of hydrogen-bond donors (Lipinski definition) is 0. The normalized spacial score (nSPS) is 21.6. The quantitative estimate of drug-likeness (QED) is 0.300. The Hall–Kier alpha value is -4.25. The van der Waals surface area contributed by atoms with Crippen LogP contribution in [-0.4, -0.2) is 69.6 Å². The van der Waals surface area contributed by atoms with Gasteiger partial charge in [0.15, 0.2) is 0 Å². The zero-order valence-electron chi connectivity index (χ0n) is 25.8. The fraction of sp³-hybridized carbons (Fsp3) is 0.500. The number of piperidine rings is 2. The summed E-state index contributed by atoms with van der Waals surface area (Å²) in [5.74, 6) is -0.788. The molecule has 2 saturated heterocycles. The first-order valence-corrected chi connectivity index (χ1v) is 16.1. The molecule has 11 nitrogen and oxygen atoms in total. The topological polar surface area (TPSA) is 120 Å². The second-order valence-electron chi connectivity index (χ2n) is 12.4. The Labute approximate surface area is 261 Å². The van der Waals surface area contributed by atoms with E-state index in [0.717, 1.165) is 36.9 Å². The number of cyclic esters (lactones) is 1. The number of carbonyl (C=O) groups is 3. The summed E-state index contributed by atoms with van der Waals surface area (Å²) in [6.45, 7) is 7.18. The van der Waals surface area contributed by atoms with Crippen molar-refractivity contribution in [1.29, 1.82) is 0 Å². The Balaban J connectivity index is 1.13. The molecule has 3 aromatic rings. The molecule has 6 heterocycles. The summed E-state index contributed by atoms with van der Waals surface area (Å²) < 4.78 is 18.5. The van der Waals surface area contributed by atoms with E-state index in [1.54, 1.807) is 47.6 Å². The summed E-state index contributed by atoms with van der Waals surface area (Å²) >= 11 is 0. The lowest BCUT2D eigenvalue weighted by atomic mass is 9.85. The number of nitrogens with zero attached hydrogens (tertiary/aromatic N) is 4. The zero-order chi connectivity index (χ0) is 31.3. The van der Waals surface area contributed by atoms with Gasteiger partial charge in [-0.25, -0.2) is 14.6 Å². The van der Waals surface area contributed by atoms with Crippen LogP contribution in [0.1, 0.15) is 75.5 Å². The molecule has 1 aromatic carbocycles. The molecule has 2 fully saturated rings. The van der Waals surface area contributed by atoms with Crippen LogP contribution in [0.2, 0.25) is 0 Å². The maximum Gasteiger partial charge on any atom is 0.415 e. The molecule has 4 aliphatic heterocycles. The highest BCUT2D eigenvalue weighted by atomic mass is 16.6. The van der Waals surface area contributed by atoms with Crippen LogP contribution in [0.4, 0.5) is 4.79 Å². The lowest BCUT2D eigenvalue weighted by Crippen LogP contribution is -2.48. The molecule has 2 aromatic heterocycles. The molecule has 0 unspecified atom stereocenters. The number of amides is 1. The van der Waals surface area contributed by atoms with Crippen molar-refractivity contribution in [1.82, 2.24) is 19.4 Å². The van der Waals surface area contributed by atoms with Gasteiger partial charge in [-0.05, 0) is 75.5 Å². The van der Waals surface area contributed by atoms with Crippen LogP contribution in [-0.2, 0) is 37.8 Å². The zero-order valence-corrected chi connectivity index (χ0v) is 25.8. The van der Waals surface area contributed by atoms with Crippen molar-refractivity contribution in [2.45, 2.75) is 83.6 Å². The minimum Gasteiger partial charge on any atom is -0.457 e. The van der Waals surface area contributed by atoms with Crippen LogP contribution in [0.5, 0.6) is 5.75 Å². The van der Waals surface area contributed by atoms with Crippen molar-refractivity contribution in [2.24, 2.45) is 0 Å². The number of carbonyl (C=O) groups excluding carboxylic acids is 3. The number of ether oxygens (including phenoxy) is 3. The van der Waals surface area contributed by atoms with Gasteiger partial charge in [-0.3, -0.25) is 9.59 Å². The highest BCUT2D eigenvalue weighted by molar-refractivity contribution is 5.89. The van der Waals surface area contributed by atoms with Crippen LogP contribution in [0.15, 0.2) is 35.1 Å². The van der Waals surface area contributed by atoms with Crippen molar-refractivity contribution in [2.75, 3.05) is 26.2 Å². The van der Waals surface area contributed by atoms with E-state index in [1.807, 2.05) is 6.07 Å². The third-order valence-corrected chi connectivity index (χ3v) is 9.86. The van der Waals surface area contributed by atoms with E-state index in [0.29, 0.717) is 52.9 Å². The molecule has 45 heavy (non-hydrogen) atoms. The summed E-state index contributed by atoms with van der Waals surface area (Å²) in [5.41, 5.74) is 1.34. The van der Waals surface area contributed by atoms with Gasteiger partial charge in [0.25, 0.3) is 5.56 Å². The maximum atomic E-state index is 13.7. The second kappa shape index (κ2) is 11.6. The minimum absolute atomic E-state index is 0.0825. The highest BCUT2D eigenvalue weighted by Gasteiger charge is 2.50. The van der Waals surface area contributed by atoms with Gasteiger partial charge >= 0.3 is 18.0 Å². The lowest BCUT2D eigenvalue weighted by molar-refractivity contribution is -0.189. The highest BCUT2D eigenvalue weighted by Crippen LogP contribution is 2.41. The number of rotatable bonds is 5. The van der Waals surface area contributed by atoms with Crippen molar-refractivity contribution in [3.63, 3.8) is 0 Å². The third kappa shape index (κ3) is 5.07. The van der Waals surface area contributed by atoms with Crippen LogP contribution in [0, 0.1) is 0 Å². The second-order valence-corrected chi connectivity index (χ2v) is 12.4. The molecule has 0 aliphatic carbocycles. The van der Waals surface area contributed by atoms with Gasteiger partial charge < -0.3 is 28.6 Å². The monoisotopic (exact) mass is 614 g/mol. The summed E-state index contributed by atoms with van der Waals surface area (Å²) in [6, 6.07) is 9.59. The average Bonchev–Trinajstić information content (AvgIpc) is 3.43. The molecular formula is C34H38N4O7. The van der Waals surface area contributed by atoms with Crippen LogP contribution in [0.25, 0.3) is 22.3 Å². The molecule has 1 amide bonds. The van der Waals surface area contributed by atoms with Crippen molar-refractivity contribution in [3.05, 3.63) is 57.4 Å². The van der Waals surface area contributed by atoms with Crippen LogP contribution < -0.4 is 10.3 Å². The fourth-order valence-electron chi connectivity index (χ4n) is 7.31. The smallest absolute Gasteiger partial charge is 0.415 e. The molecule has 0 bridgehead atoms. The summed E-state index contributed by atoms with van der Waals surface area (Å²) in [5, 5.41) is 0.784. The predicted octanol–water partition coefficient (Wildman–Crippen LogP) is 4.49. The Kier molecular flexibility index (Phi) is 7.59. The van der Waals surface area contributed by atoms with Crippen LogP contribution >= 0.6 is 0 Å². The number of pyridine rings is 2. The van der Waals surface area contributed by atoms with Gasteiger partial charge in [-0.2, -0.15) is 0 Å². The molecule has 11 heteroatoms. The molecule has 1 atom stereocenters. The largest absolute Gasteiger partial charge is 0.457 e. The first-order chi connectivity index (χ1) is 21.8. The summed E-state index contributed by atoms with van der Waals surface area (Å²) in [4.78, 5) is 61.4. The SMILES string of the molecule is CCC(=O)O[C@]1(CC)C(=O)OCc2c1cc1n(c2=O)Cc2cc3cc(OC(=O)N4CCC(N5CCCCC5)CC4)ccc3nc2-1. The van der Waals surface area contributed by atoms with E-state index in [-0.39, 0.29) is 37.6 Å².